The van der Waals surface area contributed by atoms with Crippen molar-refractivity contribution in [2.45, 2.75) is 0 Å². The van der Waals surface area contributed by atoms with Crippen LogP contribution in [-0.4, -0.2) is 9.85 Å². The summed E-state index contributed by atoms with van der Waals surface area (Å²) in [4.78, 5) is 20.3. The molecule has 96 valence electrons. The predicted octanol–water partition coefficient (Wildman–Crippen LogP) is 3.12. The number of nitro groups is 2. The summed E-state index contributed by atoms with van der Waals surface area (Å²) in [7, 11) is 1.79. The molecule has 0 saturated heterocycles. The summed E-state index contributed by atoms with van der Waals surface area (Å²) in [5.74, 6) is 0. The van der Waals surface area contributed by atoms with Gasteiger partial charge in [-0.2, -0.15) is 0 Å². The first kappa shape index (κ1) is 13.0. The molecule has 0 heterocycles. The molecule has 0 aliphatic carbocycles. The molecule has 7 heteroatoms. The highest BCUT2D eigenvalue weighted by Crippen LogP contribution is 2.22. The van der Waals surface area contributed by atoms with Crippen molar-refractivity contribution in [3.05, 3.63) is 78.8 Å². The molecule has 0 aliphatic heterocycles. The second kappa shape index (κ2) is 5.45. The number of benzene rings is 2. The Kier molecular flexibility index (Phi) is 3.72. The summed E-state index contributed by atoms with van der Waals surface area (Å²) in [6.07, 6.45) is 0. The number of nitro benzene ring substituents is 2. The van der Waals surface area contributed by atoms with E-state index in [2.05, 4.69) is 0 Å². The molecule has 0 radical (unpaired) electrons. The van der Waals surface area contributed by atoms with E-state index < -0.39 is 9.85 Å². The van der Waals surface area contributed by atoms with Gasteiger partial charge in [0.05, 0.1) is 22.0 Å². The van der Waals surface area contributed by atoms with Crippen LogP contribution in [0.3, 0.4) is 0 Å². The molecule has 0 aromatic heterocycles. The topological polar surface area (TPSA) is 86.3 Å². The maximum atomic E-state index is 10.6. The number of hydrogen-bond acceptors (Lipinski definition) is 4. The first-order valence-corrected chi connectivity index (χ1v) is 5.95. The molecular weight excluding hydrogens is 272 g/mol. The Bertz CT molecular complexity index is 590. The fourth-order valence-electron chi connectivity index (χ4n) is 1.42. The Hall–Kier alpha value is -2.47. The molecule has 6 nitrogen and oxygen atoms in total. The quantitative estimate of drug-likeness (QED) is 0.635. The normalized spacial score (nSPS) is 10.1. The van der Waals surface area contributed by atoms with Crippen molar-refractivity contribution in [3.63, 3.8) is 0 Å². The van der Waals surface area contributed by atoms with Crippen LogP contribution in [0.15, 0.2) is 48.5 Å². The zero-order valence-electron chi connectivity index (χ0n) is 9.52. The summed E-state index contributed by atoms with van der Waals surface area (Å²) in [6.45, 7) is 0. The van der Waals surface area contributed by atoms with E-state index in [4.69, 9.17) is 0 Å². The first-order chi connectivity index (χ1) is 9.06. The third-order valence-electron chi connectivity index (χ3n) is 2.26. The van der Waals surface area contributed by atoms with Crippen molar-refractivity contribution in [1.29, 1.82) is 0 Å². The Balaban J connectivity index is 2.26. The van der Waals surface area contributed by atoms with Crippen LogP contribution in [0.4, 0.5) is 11.4 Å². The van der Waals surface area contributed by atoms with E-state index in [1.54, 1.807) is 35.1 Å². The molecule has 0 amide bonds. The molecule has 0 spiro atoms. The van der Waals surface area contributed by atoms with E-state index in [9.17, 15) is 20.2 Å². The monoisotopic (exact) mass is 279 g/mol. The molecule has 0 atom stereocenters. The second-order valence-electron chi connectivity index (χ2n) is 3.57. The van der Waals surface area contributed by atoms with Gasteiger partial charge in [-0.05, 0) is 12.1 Å². The minimum atomic E-state index is -0.484. The van der Waals surface area contributed by atoms with E-state index >= 15 is 0 Å². The number of rotatable bonds is 4. The lowest BCUT2D eigenvalue weighted by Crippen LogP contribution is -1.91. The largest absolute Gasteiger partial charge is 0.275 e. The fourth-order valence-corrected chi connectivity index (χ4v) is 2.28. The van der Waals surface area contributed by atoms with Gasteiger partial charge in [-0.3, -0.25) is 20.2 Å². The van der Waals surface area contributed by atoms with Crippen molar-refractivity contribution in [1.82, 2.24) is 0 Å². The third-order valence-corrected chi connectivity index (χ3v) is 3.16. The van der Waals surface area contributed by atoms with Crippen LogP contribution in [0.25, 0.3) is 0 Å². The van der Waals surface area contributed by atoms with Crippen LogP contribution in [0.5, 0.6) is 0 Å². The summed E-state index contributed by atoms with van der Waals surface area (Å²) < 4.78 is 0. The van der Waals surface area contributed by atoms with Gasteiger partial charge in [-0.15, -0.1) is 0 Å². The lowest BCUT2D eigenvalue weighted by molar-refractivity contribution is -0.536. The lowest BCUT2D eigenvalue weighted by Gasteiger charge is -1.91. The first-order valence-electron chi connectivity index (χ1n) is 5.20. The molecule has 0 aliphatic rings. The van der Waals surface area contributed by atoms with Crippen LogP contribution in [0.2, 0.25) is 10.0 Å². The smallest absolute Gasteiger partial charge is 0.258 e. The molecule has 0 fully saturated rings. The number of halogens is 1. The highest BCUT2D eigenvalue weighted by molar-refractivity contribution is 5.35. The fraction of sp³-hybridized carbons (Fsp3) is 0. The summed E-state index contributed by atoms with van der Waals surface area (Å²) >= 11 is 0. The van der Waals surface area contributed by atoms with Crippen LogP contribution >= 0.6 is 0 Å². The summed E-state index contributed by atoms with van der Waals surface area (Å²) in [6, 6.07) is 12.1. The van der Waals surface area contributed by atoms with Crippen molar-refractivity contribution in [3.8, 4) is 0 Å². The molecule has 0 saturated carbocycles. The van der Waals surface area contributed by atoms with Crippen LogP contribution in [-0.2, 0) is 0 Å². The highest BCUT2D eigenvalue weighted by atomic mass is 35.5. The molecule has 2 aromatic carbocycles. The van der Waals surface area contributed by atoms with Crippen molar-refractivity contribution in [2.75, 3.05) is 0 Å². The van der Waals surface area contributed by atoms with Gasteiger partial charge in [0.15, 0.2) is 0 Å². The minimum Gasteiger partial charge on any atom is -0.258 e. The lowest BCUT2D eigenvalue weighted by atomic mass is 10.3. The van der Waals surface area contributed by atoms with Gasteiger partial charge < -0.3 is 0 Å². The average molecular weight is 280 g/mol. The van der Waals surface area contributed by atoms with Gasteiger partial charge >= 0.3 is 0 Å². The standard InChI is InChI=1S/C12H8ClN2O4/c16-14(17)11-5-1-3-9(7-11)13-10-4-2-6-12(8-10)15(18)19/h1-8H/q+1. The van der Waals surface area contributed by atoms with Gasteiger partial charge in [-0.1, -0.05) is 0 Å². The van der Waals surface area contributed by atoms with Crippen molar-refractivity contribution in [2.24, 2.45) is 0 Å². The van der Waals surface area contributed by atoms with Gasteiger partial charge in [-0.25, -0.2) is 0 Å². The average Bonchev–Trinajstić information content (AvgIpc) is 2.39. The molecule has 2 rings (SSSR count). The molecule has 0 bridgehead atoms. The Morgan fingerprint density at radius 3 is 1.58 bits per heavy atom. The van der Waals surface area contributed by atoms with E-state index in [1.165, 1.54) is 24.3 Å². The minimum absolute atomic E-state index is 0.0181. The maximum Gasteiger partial charge on any atom is 0.275 e. The van der Waals surface area contributed by atoms with Gasteiger partial charge in [0, 0.05) is 24.3 Å². The predicted molar refractivity (Wildman–Crippen MR) is 64.5 cm³/mol. The second-order valence-corrected chi connectivity index (χ2v) is 4.63. The molecule has 0 N–H and O–H groups in total. The Morgan fingerprint density at radius 1 is 0.789 bits per heavy atom. The van der Waals surface area contributed by atoms with E-state index in [1.807, 2.05) is 0 Å². The molecule has 0 unspecified atom stereocenters. The van der Waals surface area contributed by atoms with Crippen LogP contribution < -0.4 is 0 Å². The Labute approximate surface area is 111 Å². The van der Waals surface area contributed by atoms with Crippen molar-refractivity contribution < 1.29 is 20.6 Å². The van der Waals surface area contributed by atoms with Gasteiger partial charge in [0.25, 0.3) is 11.4 Å². The number of non-ortho nitro benzene ring substituents is 2. The number of hydrogen-bond donors (Lipinski definition) is 0. The number of nitrogens with zero attached hydrogens (tertiary/aromatic N) is 2. The molecule has 2 aromatic rings. The van der Waals surface area contributed by atoms with Crippen molar-refractivity contribution >= 4 is 11.4 Å². The maximum absolute atomic E-state index is 10.6. The van der Waals surface area contributed by atoms with Crippen LogP contribution in [0.1, 0.15) is 0 Å². The zero-order valence-corrected chi connectivity index (χ0v) is 10.3. The summed E-state index contributed by atoms with van der Waals surface area (Å²) in [5.41, 5.74) is -0.0362. The van der Waals surface area contributed by atoms with Gasteiger partial charge in [0.1, 0.15) is 0 Å². The Morgan fingerprint density at radius 2 is 1.21 bits per heavy atom. The zero-order chi connectivity index (χ0) is 13.8. The molecular formula is C12H8ClN2O4+. The molecule has 19 heavy (non-hydrogen) atoms. The summed E-state index contributed by atoms with van der Waals surface area (Å²) in [5, 5.41) is 22.5. The van der Waals surface area contributed by atoms with Crippen LogP contribution in [0, 0.1) is 31.0 Å². The highest BCUT2D eigenvalue weighted by Gasteiger charge is 2.20. The van der Waals surface area contributed by atoms with E-state index in [0.29, 0.717) is 10.0 Å². The van der Waals surface area contributed by atoms with E-state index in [-0.39, 0.29) is 11.4 Å². The van der Waals surface area contributed by atoms with Gasteiger partial charge in [0.2, 0.25) is 20.8 Å². The third kappa shape index (κ3) is 3.26. The SMILES string of the molecule is O=[N+]([O-])c1cccc([Cl+]c2cccc([N+](=O)[O-])c2)c1. The van der Waals surface area contributed by atoms with E-state index in [0.717, 1.165) is 0 Å².